The van der Waals surface area contributed by atoms with Gasteiger partial charge in [0.05, 0.1) is 0 Å². The maximum Gasteiger partial charge on any atom is 0.0273 e. The monoisotopic (exact) mass is 712 g/mol. The Balaban J connectivity index is 1.31. The molecule has 0 unspecified atom stereocenters. The maximum atomic E-state index is 4.29. The fourth-order valence-corrected chi connectivity index (χ4v) is 8.33. The molecule has 8 aromatic carbocycles. The van der Waals surface area contributed by atoms with Gasteiger partial charge in [0.25, 0.3) is 0 Å². The Hall–Kier alpha value is -7.42. The molecular weight excluding hydrogens is 677 g/mol. The van der Waals surface area contributed by atoms with Gasteiger partial charge in [-0.25, -0.2) is 0 Å². The second kappa shape index (κ2) is 14.4. The molecule has 0 spiro atoms. The van der Waals surface area contributed by atoms with Crippen LogP contribution in [0.1, 0.15) is 0 Å². The van der Waals surface area contributed by atoms with Crippen LogP contribution in [0.25, 0.3) is 99.4 Å². The minimum atomic E-state index is 1.14. The van der Waals surface area contributed by atoms with Crippen LogP contribution in [0.4, 0.5) is 0 Å². The Labute approximate surface area is 327 Å². The molecule has 0 aliphatic rings. The van der Waals surface area contributed by atoms with Gasteiger partial charge in [-0.15, -0.1) is 0 Å². The van der Waals surface area contributed by atoms with E-state index in [0.717, 1.165) is 22.3 Å². The predicted octanol–water partition coefficient (Wildman–Crippen LogP) is 14.5. The van der Waals surface area contributed by atoms with Crippen LogP contribution in [0.5, 0.6) is 0 Å². The third-order valence-corrected chi connectivity index (χ3v) is 10.9. The van der Waals surface area contributed by atoms with Gasteiger partial charge in [0.15, 0.2) is 0 Å². The molecule has 0 bridgehead atoms. The van der Waals surface area contributed by atoms with Crippen LogP contribution in [0.2, 0.25) is 0 Å². The van der Waals surface area contributed by atoms with Gasteiger partial charge in [-0.3, -0.25) is 9.97 Å². The van der Waals surface area contributed by atoms with Crippen LogP contribution in [0.3, 0.4) is 0 Å². The van der Waals surface area contributed by atoms with E-state index in [-0.39, 0.29) is 0 Å². The average Bonchev–Trinajstić information content (AvgIpc) is 3.29. The summed E-state index contributed by atoms with van der Waals surface area (Å²) in [6.07, 6.45) is 7.45. The van der Waals surface area contributed by atoms with Crippen LogP contribution in [-0.2, 0) is 0 Å². The first-order chi connectivity index (χ1) is 27.8. The second-order valence-electron chi connectivity index (χ2n) is 14.1. The van der Waals surface area contributed by atoms with E-state index in [1.54, 1.807) is 0 Å². The quantitative estimate of drug-likeness (QED) is 0.154. The van der Waals surface area contributed by atoms with E-state index < -0.39 is 0 Å². The van der Waals surface area contributed by atoms with E-state index >= 15 is 0 Å². The Bertz CT molecular complexity index is 2930. The highest BCUT2D eigenvalue weighted by molar-refractivity contribution is 6.22. The van der Waals surface area contributed by atoms with E-state index in [1.165, 1.54) is 77.2 Å². The zero-order valence-corrected chi connectivity index (χ0v) is 30.7. The number of rotatable bonds is 7. The van der Waals surface area contributed by atoms with Crippen LogP contribution in [0.15, 0.2) is 219 Å². The van der Waals surface area contributed by atoms with Gasteiger partial charge in [-0.1, -0.05) is 152 Å². The fraction of sp³-hybridized carbons (Fsp3) is 0. The summed E-state index contributed by atoms with van der Waals surface area (Å²) in [6, 6.07) is 70.5. The van der Waals surface area contributed by atoms with Crippen molar-refractivity contribution in [2.45, 2.75) is 0 Å². The van der Waals surface area contributed by atoms with Crippen molar-refractivity contribution in [1.29, 1.82) is 0 Å². The first kappa shape index (κ1) is 33.2. The highest BCUT2D eigenvalue weighted by Gasteiger charge is 2.21. The molecule has 0 aliphatic heterocycles. The molecule has 2 heteroatoms. The van der Waals surface area contributed by atoms with Gasteiger partial charge in [0.1, 0.15) is 0 Å². The minimum absolute atomic E-state index is 1.14. The summed E-state index contributed by atoms with van der Waals surface area (Å²) < 4.78 is 0. The highest BCUT2D eigenvalue weighted by atomic mass is 14.6. The van der Waals surface area contributed by atoms with Crippen LogP contribution >= 0.6 is 0 Å². The predicted molar refractivity (Wildman–Crippen MR) is 235 cm³/mol. The molecular formula is C54H36N2. The van der Waals surface area contributed by atoms with Gasteiger partial charge in [-0.05, 0) is 142 Å². The normalized spacial score (nSPS) is 11.2. The Kier molecular flexibility index (Phi) is 8.55. The standard InChI is InChI=1S/C54H36N2/c1-3-12-39(13-4-1)46-22-11-23-47(40-14-5-2-6-15-40)52(46)45-24-25-50-51(36-45)54(44-19-10-17-42(35-44)38-28-32-56-33-29-38)49-21-8-7-20-48(49)53(50)43-18-9-16-41(34-43)37-26-30-55-31-27-37/h1-36H. The zero-order valence-electron chi connectivity index (χ0n) is 30.7. The molecule has 0 fully saturated rings. The number of pyridine rings is 2. The minimum Gasteiger partial charge on any atom is -0.265 e. The molecule has 262 valence electrons. The van der Waals surface area contributed by atoms with Crippen molar-refractivity contribution in [1.82, 2.24) is 9.97 Å². The lowest BCUT2D eigenvalue weighted by atomic mass is 9.82. The number of hydrogen-bond donors (Lipinski definition) is 0. The molecule has 10 rings (SSSR count). The molecule has 2 aromatic heterocycles. The molecule has 56 heavy (non-hydrogen) atoms. The van der Waals surface area contributed by atoms with Gasteiger partial charge in [0, 0.05) is 24.8 Å². The van der Waals surface area contributed by atoms with E-state index in [2.05, 4.69) is 204 Å². The summed E-state index contributed by atoms with van der Waals surface area (Å²) in [5, 5.41) is 4.85. The molecule has 0 N–H and O–H groups in total. The average molecular weight is 713 g/mol. The fourth-order valence-electron chi connectivity index (χ4n) is 8.33. The summed E-state index contributed by atoms with van der Waals surface area (Å²) in [5.74, 6) is 0. The number of benzene rings is 8. The van der Waals surface area contributed by atoms with Crippen LogP contribution < -0.4 is 0 Å². The molecule has 0 atom stereocenters. The van der Waals surface area contributed by atoms with Crippen molar-refractivity contribution in [3.05, 3.63) is 219 Å². The SMILES string of the molecule is c1ccc(-c2cccc(-c3ccccc3)c2-c2ccc3c(-c4cccc(-c5ccncc5)c4)c4ccccc4c(-c4cccc(-c5ccncc5)c4)c3c2)cc1. The number of fused-ring (bicyclic) bond motifs is 2. The molecule has 2 heterocycles. The maximum absolute atomic E-state index is 4.29. The van der Waals surface area contributed by atoms with Crippen molar-refractivity contribution < 1.29 is 0 Å². The zero-order chi connectivity index (χ0) is 37.3. The van der Waals surface area contributed by atoms with Crippen molar-refractivity contribution in [3.63, 3.8) is 0 Å². The largest absolute Gasteiger partial charge is 0.265 e. The van der Waals surface area contributed by atoms with Gasteiger partial charge in [-0.2, -0.15) is 0 Å². The van der Waals surface area contributed by atoms with E-state index in [4.69, 9.17) is 0 Å². The molecule has 0 saturated carbocycles. The van der Waals surface area contributed by atoms with Crippen LogP contribution in [0, 0.1) is 0 Å². The third kappa shape index (κ3) is 6.04. The van der Waals surface area contributed by atoms with Crippen molar-refractivity contribution in [2.75, 3.05) is 0 Å². The summed E-state index contributed by atoms with van der Waals surface area (Å²) in [4.78, 5) is 8.57. The van der Waals surface area contributed by atoms with Crippen molar-refractivity contribution >= 4 is 21.5 Å². The highest BCUT2D eigenvalue weighted by Crippen LogP contribution is 2.48. The van der Waals surface area contributed by atoms with Crippen LogP contribution in [-0.4, -0.2) is 9.97 Å². The molecule has 0 saturated heterocycles. The number of hydrogen-bond acceptors (Lipinski definition) is 2. The summed E-state index contributed by atoms with van der Waals surface area (Å²) in [5.41, 5.74) is 16.6. The van der Waals surface area contributed by atoms with Crippen molar-refractivity contribution in [2.24, 2.45) is 0 Å². The second-order valence-corrected chi connectivity index (χ2v) is 14.1. The smallest absolute Gasteiger partial charge is 0.0273 e. The third-order valence-electron chi connectivity index (χ3n) is 10.9. The van der Waals surface area contributed by atoms with E-state index in [1.807, 2.05) is 24.8 Å². The lowest BCUT2D eigenvalue weighted by Crippen LogP contribution is -1.94. The lowest BCUT2D eigenvalue weighted by Gasteiger charge is -2.21. The lowest BCUT2D eigenvalue weighted by molar-refractivity contribution is 1.33. The molecule has 2 nitrogen and oxygen atoms in total. The Morgan fingerprint density at radius 1 is 0.214 bits per heavy atom. The molecule has 0 aliphatic carbocycles. The summed E-state index contributed by atoms with van der Waals surface area (Å²) in [6.45, 7) is 0. The Morgan fingerprint density at radius 3 is 1.12 bits per heavy atom. The van der Waals surface area contributed by atoms with E-state index in [0.29, 0.717) is 0 Å². The molecule has 0 radical (unpaired) electrons. The summed E-state index contributed by atoms with van der Waals surface area (Å²) in [7, 11) is 0. The first-order valence-electron chi connectivity index (χ1n) is 19.0. The van der Waals surface area contributed by atoms with Gasteiger partial charge < -0.3 is 0 Å². The van der Waals surface area contributed by atoms with Crippen molar-refractivity contribution in [3.8, 4) is 77.9 Å². The number of aromatic nitrogens is 2. The Morgan fingerprint density at radius 2 is 0.607 bits per heavy atom. The molecule has 0 amide bonds. The molecule has 10 aromatic rings. The first-order valence-corrected chi connectivity index (χ1v) is 19.0. The summed E-state index contributed by atoms with van der Waals surface area (Å²) >= 11 is 0. The van der Waals surface area contributed by atoms with Gasteiger partial charge >= 0.3 is 0 Å². The van der Waals surface area contributed by atoms with E-state index in [9.17, 15) is 0 Å². The van der Waals surface area contributed by atoms with Gasteiger partial charge in [0.2, 0.25) is 0 Å². The topological polar surface area (TPSA) is 25.8 Å². The number of nitrogens with zero attached hydrogens (tertiary/aromatic N) is 2.